The molecule has 0 saturated carbocycles. The van der Waals surface area contributed by atoms with Gasteiger partial charge in [0.1, 0.15) is 11.6 Å². The van der Waals surface area contributed by atoms with Crippen LogP contribution in [0.3, 0.4) is 0 Å². The fourth-order valence-electron chi connectivity index (χ4n) is 3.58. The van der Waals surface area contributed by atoms with Crippen molar-refractivity contribution in [3.63, 3.8) is 0 Å². The Bertz CT molecular complexity index is 1500. The minimum absolute atomic E-state index is 0.0381. The third-order valence-electron chi connectivity index (χ3n) is 5.49. The van der Waals surface area contributed by atoms with E-state index < -0.39 is 11.8 Å². The van der Waals surface area contributed by atoms with Crippen molar-refractivity contribution in [3.8, 4) is 11.1 Å². The maximum absolute atomic E-state index is 14.7. The molecule has 182 valence electrons. The average molecular weight is 498 g/mol. The number of fused-ring (bicyclic) bond motifs is 1. The summed E-state index contributed by atoms with van der Waals surface area (Å²) in [5, 5.41) is 13.0. The number of pyridine rings is 2. The molecule has 0 spiro atoms. The first-order valence-electron chi connectivity index (χ1n) is 10.8. The van der Waals surface area contributed by atoms with E-state index in [2.05, 4.69) is 26.0 Å². The zero-order valence-electron chi connectivity index (χ0n) is 19.9. The minimum atomic E-state index is -0.739. The van der Waals surface area contributed by atoms with Crippen LogP contribution in [0.2, 0.25) is 5.02 Å². The van der Waals surface area contributed by atoms with Crippen LogP contribution in [0.25, 0.3) is 22.0 Å². The minimum Gasteiger partial charge on any atom is -0.373 e. The number of nitrogens with one attached hydrogen (secondary N) is 3. The highest BCUT2D eigenvalue weighted by Crippen LogP contribution is 2.32. The molecule has 3 N–H and O–H groups in total. The zero-order valence-corrected chi connectivity index (χ0v) is 20.7. The normalized spacial score (nSPS) is 11.5. The first kappa shape index (κ1) is 24.2. The van der Waals surface area contributed by atoms with Gasteiger partial charge in [0.05, 0.1) is 33.6 Å². The number of nitrogens with zero attached hydrogens (tertiary/aromatic N) is 4. The molecule has 0 radical (unpaired) electrons. The Hall–Kier alpha value is -3.92. The van der Waals surface area contributed by atoms with Crippen LogP contribution in [0.1, 0.15) is 20.8 Å². The molecule has 3 heterocycles. The predicted molar refractivity (Wildman–Crippen MR) is 137 cm³/mol. The highest BCUT2D eigenvalue weighted by Gasteiger charge is 2.18. The lowest BCUT2D eigenvalue weighted by Gasteiger charge is -2.18. The summed E-state index contributed by atoms with van der Waals surface area (Å²) < 4.78 is 17.9. The Kier molecular flexibility index (Phi) is 6.25. The van der Waals surface area contributed by atoms with E-state index in [9.17, 15) is 14.0 Å². The second kappa shape index (κ2) is 9.03. The second-order valence-electron chi connectivity index (χ2n) is 9.04. The summed E-state index contributed by atoms with van der Waals surface area (Å²) in [6, 6.07) is 5.14. The van der Waals surface area contributed by atoms with Crippen molar-refractivity contribution in [1.29, 1.82) is 0 Å². The summed E-state index contributed by atoms with van der Waals surface area (Å²) in [6.45, 7) is 5.92. The molecule has 11 heteroatoms. The molecule has 0 bridgehead atoms. The van der Waals surface area contributed by atoms with Gasteiger partial charge in [-0.25, -0.2) is 14.2 Å². The fourth-order valence-corrected chi connectivity index (χ4v) is 3.84. The first-order valence-corrected chi connectivity index (χ1v) is 11.2. The van der Waals surface area contributed by atoms with E-state index in [1.807, 2.05) is 20.8 Å². The molecular formula is C24H25ClFN7O2. The molecule has 0 aliphatic rings. The second-order valence-corrected chi connectivity index (χ2v) is 9.44. The van der Waals surface area contributed by atoms with E-state index in [0.29, 0.717) is 22.4 Å². The fraction of sp³-hybridized carbons (Fsp3) is 0.250. The molecule has 4 aromatic rings. The van der Waals surface area contributed by atoms with Gasteiger partial charge < -0.3 is 20.5 Å². The molecule has 4 rings (SSSR count). The topological polar surface area (TPSA) is 106 Å². The SMILES string of the molecule is CNc1cc2c(cn1)cc(-c1cc(NC(=O)Nc3cnn(C(C)(C)C)c3)c(F)cc1Cl)c(=O)n2C. The number of hydrogen-bond donors (Lipinski definition) is 3. The molecule has 0 unspecified atom stereocenters. The van der Waals surface area contributed by atoms with Crippen molar-refractivity contribution in [2.45, 2.75) is 26.3 Å². The molecule has 0 aliphatic carbocycles. The number of rotatable bonds is 4. The van der Waals surface area contributed by atoms with E-state index in [0.717, 1.165) is 6.07 Å². The molecule has 0 fully saturated rings. The number of hydrogen-bond acceptors (Lipinski definition) is 5. The molecule has 35 heavy (non-hydrogen) atoms. The molecule has 1 aromatic carbocycles. The lowest BCUT2D eigenvalue weighted by molar-refractivity contribution is 0.262. The lowest BCUT2D eigenvalue weighted by Crippen LogP contribution is -2.22. The highest BCUT2D eigenvalue weighted by molar-refractivity contribution is 6.33. The largest absolute Gasteiger partial charge is 0.373 e. The van der Waals surface area contributed by atoms with Crippen molar-refractivity contribution >= 4 is 45.7 Å². The molecule has 9 nitrogen and oxygen atoms in total. The van der Waals surface area contributed by atoms with E-state index in [1.165, 1.54) is 16.8 Å². The first-order chi connectivity index (χ1) is 16.5. The van der Waals surface area contributed by atoms with Gasteiger partial charge in [0.25, 0.3) is 5.56 Å². The summed E-state index contributed by atoms with van der Waals surface area (Å²) in [5.41, 5.74) is 0.931. The number of amides is 2. The van der Waals surface area contributed by atoms with Gasteiger partial charge in [-0.05, 0) is 39.0 Å². The van der Waals surface area contributed by atoms with Crippen molar-refractivity contribution in [2.75, 3.05) is 23.0 Å². The Morgan fingerprint density at radius 2 is 1.83 bits per heavy atom. The van der Waals surface area contributed by atoms with Crippen molar-refractivity contribution in [1.82, 2.24) is 19.3 Å². The number of urea groups is 1. The number of aromatic nitrogens is 4. The van der Waals surface area contributed by atoms with Crippen LogP contribution in [-0.2, 0) is 12.6 Å². The van der Waals surface area contributed by atoms with Gasteiger partial charge in [-0.3, -0.25) is 9.48 Å². The van der Waals surface area contributed by atoms with Crippen LogP contribution in [0.15, 0.2) is 47.7 Å². The van der Waals surface area contributed by atoms with Gasteiger partial charge in [-0.1, -0.05) is 11.6 Å². The van der Waals surface area contributed by atoms with Crippen LogP contribution in [0.4, 0.5) is 26.4 Å². The Labute approximate surface area is 205 Å². The van der Waals surface area contributed by atoms with Crippen LogP contribution in [0, 0.1) is 5.82 Å². The van der Waals surface area contributed by atoms with Crippen LogP contribution in [-0.4, -0.2) is 32.4 Å². The summed E-state index contributed by atoms with van der Waals surface area (Å²) in [5.74, 6) is -0.122. The molecular weight excluding hydrogens is 473 g/mol. The Morgan fingerprint density at radius 3 is 2.49 bits per heavy atom. The number of benzene rings is 1. The summed E-state index contributed by atoms with van der Waals surface area (Å²) in [6.07, 6.45) is 4.81. The Morgan fingerprint density at radius 1 is 1.09 bits per heavy atom. The number of carbonyl (C=O) groups excluding carboxylic acids is 1. The van der Waals surface area contributed by atoms with E-state index in [1.54, 1.807) is 43.3 Å². The number of anilines is 3. The third-order valence-corrected chi connectivity index (χ3v) is 5.80. The number of carbonyl (C=O) groups is 1. The molecule has 0 atom stereocenters. The molecule has 0 saturated heterocycles. The van der Waals surface area contributed by atoms with Gasteiger partial charge in [0, 0.05) is 49.1 Å². The highest BCUT2D eigenvalue weighted by atomic mass is 35.5. The standard InChI is InChI=1S/C24H25ClFN7O2/c1-24(2,3)33-12-14(11-29-33)30-23(35)31-19-7-15(17(25)8-18(19)26)16-6-13-10-28-21(27-4)9-20(13)32(5)22(16)34/h6-12H,1-5H3,(H,27,28)(H2,30,31,35). The number of halogens is 2. The Balaban J connectivity index is 1.67. The molecule has 2 amide bonds. The van der Waals surface area contributed by atoms with E-state index in [4.69, 9.17) is 11.6 Å². The summed E-state index contributed by atoms with van der Waals surface area (Å²) >= 11 is 6.32. The average Bonchev–Trinajstić information content (AvgIpc) is 3.27. The smallest absolute Gasteiger partial charge is 0.323 e. The van der Waals surface area contributed by atoms with Gasteiger partial charge in [-0.2, -0.15) is 5.10 Å². The van der Waals surface area contributed by atoms with Crippen LogP contribution >= 0.6 is 11.6 Å². The maximum atomic E-state index is 14.7. The van der Waals surface area contributed by atoms with E-state index >= 15 is 0 Å². The molecule has 3 aromatic heterocycles. The predicted octanol–water partition coefficient (Wildman–Crippen LogP) is 5.03. The van der Waals surface area contributed by atoms with Gasteiger partial charge >= 0.3 is 6.03 Å². The zero-order chi connectivity index (χ0) is 25.5. The summed E-state index contributed by atoms with van der Waals surface area (Å²) in [4.78, 5) is 30.0. The quantitative estimate of drug-likeness (QED) is 0.366. The number of aryl methyl sites for hydroxylation is 1. The van der Waals surface area contributed by atoms with E-state index in [-0.39, 0.29) is 32.9 Å². The third kappa shape index (κ3) is 4.83. The maximum Gasteiger partial charge on any atom is 0.323 e. The lowest BCUT2D eigenvalue weighted by atomic mass is 10.0. The van der Waals surface area contributed by atoms with Crippen molar-refractivity contribution in [2.24, 2.45) is 7.05 Å². The summed E-state index contributed by atoms with van der Waals surface area (Å²) in [7, 11) is 3.37. The van der Waals surface area contributed by atoms with Gasteiger partial charge in [-0.15, -0.1) is 0 Å². The van der Waals surface area contributed by atoms with Crippen LogP contribution < -0.4 is 21.5 Å². The van der Waals surface area contributed by atoms with Crippen LogP contribution in [0.5, 0.6) is 0 Å². The molecule has 0 aliphatic heterocycles. The van der Waals surface area contributed by atoms with Gasteiger partial charge in [0.15, 0.2) is 0 Å². The van der Waals surface area contributed by atoms with Crippen molar-refractivity contribution in [3.05, 3.63) is 64.0 Å². The van der Waals surface area contributed by atoms with Gasteiger partial charge in [0.2, 0.25) is 0 Å². The van der Waals surface area contributed by atoms with Crippen molar-refractivity contribution < 1.29 is 9.18 Å². The monoisotopic (exact) mass is 497 g/mol.